The van der Waals surface area contributed by atoms with E-state index in [1.54, 1.807) is 0 Å². The molecule has 4 aromatic rings. The van der Waals surface area contributed by atoms with Gasteiger partial charge in [0.05, 0.1) is 0 Å². The van der Waals surface area contributed by atoms with Gasteiger partial charge in [-0.15, -0.1) is 0 Å². The summed E-state index contributed by atoms with van der Waals surface area (Å²) in [4.78, 5) is 2.26. The fraction of sp³-hybridized carbons (Fsp3) is 0.238. The highest BCUT2D eigenvalue weighted by atomic mass is 15.0. The molecule has 0 bridgehead atoms. The van der Waals surface area contributed by atoms with Gasteiger partial charge in [-0.3, -0.25) is 0 Å². The molecule has 0 fully saturated rings. The first-order valence-corrected chi connectivity index (χ1v) is 8.04. The fourth-order valence-corrected chi connectivity index (χ4v) is 3.60. The Hall–Kier alpha value is -2.12. The minimum Gasteiger partial charge on any atom is -0.309 e. The lowest BCUT2D eigenvalue weighted by Crippen LogP contribution is -2.13. The van der Waals surface area contributed by atoms with Crippen LogP contribution in [0.15, 0.2) is 54.6 Å². The molecular formula is C21H21N. The second kappa shape index (κ2) is 5.26. The lowest BCUT2D eigenvalue weighted by molar-refractivity contribution is 0.400. The van der Waals surface area contributed by atoms with Crippen molar-refractivity contribution in [2.75, 3.05) is 20.6 Å². The monoisotopic (exact) mass is 287 g/mol. The Labute approximate surface area is 131 Å². The Bertz CT molecular complexity index is 921. The van der Waals surface area contributed by atoms with Crippen molar-refractivity contribution in [3.05, 3.63) is 60.2 Å². The smallest absolute Gasteiger partial charge is 0.00217 e. The van der Waals surface area contributed by atoms with Crippen LogP contribution in [-0.4, -0.2) is 25.5 Å². The molecule has 0 atom stereocenters. The van der Waals surface area contributed by atoms with Crippen LogP contribution in [0.25, 0.3) is 32.3 Å². The van der Waals surface area contributed by atoms with E-state index in [-0.39, 0.29) is 0 Å². The molecule has 4 rings (SSSR count). The molecule has 0 N–H and O–H groups in total. The van der Waals surface area contributed by atoms with Crippen LogP contribution in [0.5, 0.6) is 0 Å². The van der Waals surface area contributed by atoms with E-state index in [9.17, 15) is 0 Å². The van der Waals surface area contributed by atoms with Crippen LogP contribution in [-0.2, 0) is 6.42 Å². The summed E-state index contributed by atoms with van der Waals surface area (Å²) < 4.78 is 0. The van der Waals surface area contributed by atoms with E-state index >= 15 is 0 Å². The molecule has 0 spiro atoms. The molecule has 0 aliphatic carbocycles. The van der Waals surface area contributed by atoms with Crippen molar-refractivity contribution in [3.63, 3.8) is 0 Å². The standard InChI is InChI=1S/C21H21N/c1-22(2)14-4-7-15-8-9-18-11-10-16-5-3-6-17-12-13-19(15)21(18)20(16)17/h3,5-6,8-13H,4,7,14H2,1-2H3. The Morgan fingerprint density at radius 2 is 1.36 bits per heavy atom. The highest BCUT2D eigenvalue weighted by Gasteiger charge is 2.10. The lowest BCUT2D eigenvalue weighted by Gasteiger charge is -2.14. The van der Waals surface area contributed by atoms with E-state index in [4.69, 9.17) is 0 Å². The topological polar surface area (TPSA) is 3.24 Å². The zero-order valence-electron chi connectivity index (χ0n) is 13.3. The summed E-state index contributed by atoms with van der Waals surface area (Å²) in [7, 11) is 4.29. The summed E-state index contributed by atoms with van der Waals surface area (Å²) >= 11 is 0. The van der Waals surface area contributed by atoms with Gasteiger partial charge in [-0.2, -0.15) is 0 Å². The van der Waals surface area contributed by atoms with Crippen LogP contribution in [0.3, 0.4) is 0 Å². The van der Waals surface area contributed by atoms with Gasteiger partial charge in [-0.25, -0.2) is 0 Å². The largest absolute Gasteiger partial charge is 0.309 e. The molecule has 22 heavy (non-hydrogen) atoms. The molecule has 0 saturated carbocycles. The van der Waals surface area contributed by atoms with Crippen LogP contribution >= 0.6 is 0 Å². The Kier molecular flexibility index (Phi) is 3.24. The maximum Gasteiger partial charge on any atom is -0.00217 e. The third-order valence-electron chi connectivity index (χ3n) is 4.67. The van der Waals surface area contributed by atoms with E-state index in [2.05, 4.69) is 73.6 Å². The van der Waals surface area contributed by atoms with Crippen molar-refractivity contribution in [3.8, 4) is 0 Å². The SMILES string of the molecule is CN(C)CCCc1ccc2ccc3cccc4ccc1c2c34. The summed E-state index contributed by atoms with van der Waals surface area (Å²) in [5, 5.41) is 8.35. The average Bonchev–Trinajstić information content (AvgIpc) is 2.53. The fourth-order valence-electron chi connectivity index (χ4n) is 3.60. The number of hydrogen-bond acceptors (Lipinski definition) is 1. The molecule has 1 nitrogen and oxygen atoms in total. The zero-order valence-corrected chi connectivity index (χ0v) is 13.3. The molecule has 4 aromatic carbocycles. The Balaban J connectivity index is 1.92. The van der Waals surface area contributed by atoms with Crippen molar-refractivity contribution < 1.29 is 0 Å². The molecular weight excluding hydrogens is 266 g/mol. The van der Waals surface area contributed by atoms with Gasteiger partial charge in [0.1, 0.15) is 0 Å². The minimum atomic E-state index is 1.14. The molecule has 110 valence electrons. The quantitative estimate of drug-likeness (QED) is 0.473. The van der Waals surface area contributed by atoms with Crippen LogP contribution in [0, 0.1) is 0 Å². The van der Waals surface area contributed by atoms with Crippen LogP contribution < -0.4 is 0 Å². The predicted molar refractivity (Wildman–Crippen MR) is 97.0 cm³/mol. The summed E-state index contributed by atoms with van der Waals surface area (Å²) in [5.74, 6) is 0. The Morgan fingerprint density at radius 1 is 0.727 bits per heavy atom. The molecule has 0 amide bonds. The van der Waals surface area contributed by atoms with E-state index in [0.717, 1.165) is 13.0 Å². The van der Waals surface area contributed by atoms with Gasteiger partial charge in [0.2, 0.25) is 0 Å². The van der Waals surface area contributed by atoms with Gasteiger partial charge in [-0.05, 0) is 71.4 Å². The van der Waals surface area contributed by atoms with Gasteiger partial charge in [0.25, 0.3) is 0 Å². The maximum atomic E-state index is 2.32. The molecule has 0 unspecified atom stereocenters. The molecule has 0 aliphatic rings. The van der Waals surface area contributed by atoms with Crippen molar-refractivity contribution in [2.24, 2.45) is 0 Å². The molecule has 0 saturated heterocycles. The Morgan fingerprint density at radius 3 is 2.09 bits per heavy atom. The van der Waals surface area contributed by atoms with Crippen LogP contribution in [0.2, 0.25) is 0 Å². The third kappa shape index (κ3) is 2.13. The van der Waals surface area contributed by atoms with Gasteiger partial charge >= 0.3 is 0 Å². The molecule has 0 aliphatic heterocycles. The summed E-state index contributed by atoms with van der Waals surface area (Å²) in [5.41, 5.74) is 1.48. The zero-order chi connectivity index (χ0) is 15.1. The molecule has 0 heterocycles. The first kappa shape index (κ1) is 13.5. The van der Waals surface area contributed by atoms with Crippen LogP contribution in [0.1, 0.15) is 12.0 Å². The minimum absolute atomic E-state index is 1.14. The highest BCUT2D eigenvalue weighted by molar-refractivity contribution is 6.23. The number of nitrogens with zero attached hydrogens (tertiary/aromatic N) is 1. The predicted octanol–water partition coefficient (Wildman–Crippen LogP) is 5.08. The molecule has 0 radical (unpaired) electrons. The average molecular weight is 287 g/mol. The van der Waals surface area contributed by atoms with Gasteiger partial charge < -0.3 is 4.90 Å². The van der Waals surface area contributed by atoms with Gasteiger partial charge in [0, 0.05) is 0 Å². The lowest BCUT2D eigenvalue weighted by atomic mass is 9.91. The second-order valence-corrected chi connectivity index (χ2v) is 6.49. The van der Waals surface area contributed by atoms with E-state index < -0.39 is 0 Å². The molecule has 0 aromatic heterocycles. The first-order chi connectivity index (χ1) is 10.7. The number of hydrogen-bond donors (Lipinski definition) is 0. The molecule has 1 heteroatoms. The van der Waals surface area contributed by atoms with E-state index in [1.807, 2.05) is 0 Å². The van der Waals surface area contributed by atoms with E-state index in [1.165, 1.54) is 44.3 Å². The number of rotatable bonds is 4. The second-order valence-electron chi connectivity index (χ2n) is 6.49. The summed E-state index contributed by atoms with van der Waals surface area (Å²) in [6.45, 7) is 1.14. The normalized spacial score (nSPS) is 12.1. The van der Waals surface area contributed by atoms with Crippen molar-refractivity contribution in [1.82, 2.24) is 4.90 Å². The van der Waals surface area contributed by atoms with Gasteiger partial charge in [-0.1, -0.05) is 54.6 Å². The number of benzene rings is 4. The summed E-state index contributed by atoms with van der Waals surface area (Å²) in [6.07, 6.45) is 2.35. The highest BCUT2D eigenvalue weighted by Crippen LogP contribution is 2.36. The number of aryl methyl sites for hydroxylation is 1. The maximum absolute atomic E-state index is 2.32. The summed E-state index contributed by atoms with van der Waals surface area (Å²) in [6, 6.07) is 20.3. The van der Waals surface area contributed by atoms with Gasteiger partial charge in [0.15, 0.2) is 0 Å². The van der Waals surface area contributed by atoms with Crippen molar-refractivity contribution in [2.45, 2.75) is 12.8 Å². The van der Waals surface area contributed by atoms with Crippen LogP contribution in [0.4, 0.5) is 0 Å². The third-order valence-corrected chi connectivity index (χ3v) is 4.67. The van der Waals surface area contributed by atoms with E-state index in [0.29, 0.717) is 0 Å². The first-order valence-electron chi connectivity index (χ1n) is 8.04. The van der Waals surface area contributed by atoms with Crippen molar-refractivity contribution in [1.29, 1.82) is 0 Å². The van der Waals surface area contributed by atoms with Crippen molar-refractivity contribution >= 4 is 32.3 Å².